The summed E-state index contributed by atoms with van der Waals surface area (Å²) in [6.45, 7) is 0.605. The maximum absolute atomic E-state index is 14.3. The largest absolute Gasteiger partial charge is 0.365 e. The van der Waals surface area contributed by atoms with E-state index in [1.54, 1.807) is 18.5 Å². The smallest absolute Gasteiger partial charge is 0.216 e. The van der Waals surface area contributed by atoms with Gasteiger partial charge in [0.05, 0.1) is 24.8 Å². The normalized spacial score (nSPS) is 22.7. The van der Waals surface area contributed by atoms with Gasteiger partial charge in [0.1, 0.15) is 12.0 Å². The van der Waals surface area contributed by atoms with Gasteiger partial charge >= 0.3 is 0 Å². The molecule has 0 radical (unpaired) electrons. The van der Waals surface area contributed by atoms with Crippen molar-refractivity contribution >= 4 is 11.5 Å². The third-order valence-electron chi connectivity index (χ3n) is 6.19. The van der Waals surface area contributed by atoms with Crippen molar-refractivity contribution < 1.29 is 8.78 Å². The van der Waals surface area contributed by atoms with Crippen LogP contribution in [0.25, 0.3) is 11.6 Å². The molecular weight excluding hydrogens is 388 g/mol. The second kappa shape index (κ2) is 6.65. The zero-order chi connectivity index (χ0) is 20.2. The second-order valence-electron chi connectivity index (χ2n) is 8.03. The SMILES string of the molecule is Fc1cc(N2CC(F)C2)cc(N2[C@H]3CC[C@@H]2c2cnc(-c4ncccn4)nc2C3)n1. The van der Waals surface area contributed by atoms with Crippen LogP contribution in [0.3, 0.4) is 0 Å². The van der Waals surface area contributed by atoms with Crippen LogP contribution in [-0.2, 0) is 6.42 Å². The lowest BCUT2D eigenvalue weighted by atomic mass is 9.99. The van der Waals surface area contributed by atoms with Gasteiger partial charge in [0.15, 0.2) is 11.6 Å². The Balaban J connectivity index is 1.35. The summed E-state index contributed by atoms with van der Waals surface area (Å²) in [5.74, 6) is 1.09. The van der Waals surface area contributed by atoms with Gasteiger partial charge in [-0.2, -0.15) is 4.39 Å². The van der Waals surface area contributed by atoms with Crippen molar-refractivity contribution in [2.45, 2.75) is 37.5 Å². The van der Waals surface area contributed by atoms with Crippen LogP contribution in [0.15, 0.2) is 36.8 Å². The summed E-state index contributed by atoms with van der Waals surface area (Å²) in [4.78, 5) is 25.9. The Morgan fingerprint density at radius 1 is 0.967 bits per heavy atom. The van der Waals surface area contributed by atoms with Crippen molar-refractivity contribution in [2.24, 2.45) is 0 Å². The number of fused-ring (bicyclic) bond motifs is 4. The molecule has 0 spiro atoms. The summed E-state index contributed by atoms with van der Waals surface area (Å²) < 4.78 is 27.6. The topological polar surface area (TPSA) is 70.9 Å². The van der Waals surface area contributed by atoms with Crippen LogP contribution < -0.4 is 9.80 Å². The molecule has 9 heteroatoms. The molecule has 0 aromatic carbocycles. The molecule has 2 bridgehead atoms. The van der Waals surface area contributed by atoms with E-state index in [9.17, 15) is 8.78 Å². The highest BCUT2D eigenvalue weighted by molar-refractivity contribution is 5.60. The van der Waals surface area contributed by atoms with Gasteiger partial charge in [-0.25, -0.2) is 29.3 Å². The standard InChI is InChI=1S/C21H19F2N7/c22-12-10-29(11-12)14-7-18(23)28-19(8-14)30-13-2-3-17(30)15-9-26-21(27-16(15)6-13)20-24-4-1-5-25-20/h1,4-5,7-9,12-13,17H,2-3,6,10-11H2/t13-,17+/m0/s1. The van der Waals surface area contributed by atoms with Crippen LogP contribution in [0.5, 0.6) is 0 Å². The Morgan fingerprint density at radius 2 is 1.80 bits per heavy atom. The van der Waals surface area contributed by atoms with Gasteiger partial charge < -0.3 is 9.80 Å². The summed E-state index contributed by atoms with van der Waals surface area (Å²) in [7, 11) is 0. The first-order valence-corrected chi connectivity index (χ1v) is 10.1. The van der Waals surface area contributed by atoms with Gasteiger partial charge in [-0.05, 0) is 18.9 Å². The average Bonchev–Trinajstić information content (AvgIpc) is 3.06. The number of hydrogen-bond donors (Lipinski definition) is 0. The van der Waals surface area contributed by atoms with E-state index in [0.717, 1.165) is 30.5 Å². The number of alkyl halides is 1. The van der Waals surface area contributed by atoms with Crippen LogP contribution in [0.2, 0.25) is 0 Å². The van der Waals surface area contributed by atoms with Crippen LogP contribution in [0.4, 0.5) is 20.3 Å². The number of hydrogen-bond acceptors (Lipinski definition) is 7. The van der Waals surface area contributed by atoms with E-state index in [2.05, 4.69) is 24.8 Å². The molecule has 2 atom stereocenters. The predicted octanol–water partition coefficient (Wildman–Crippen LogP) is 2.89. The van der Waals surface area contributed by atoms with E-state index in [0.29, 0.717) is 36.2 Å². The Hall–Kier alpha value is -3.23. The van der Waals surface area contributed by atoms with Gasteiger partial charge in [-0.1, -0.05) is 0 Å². The van der Waals surface area contributed by atoms with Gasteiger partial charge in [0.25, 0.3) is 0 Å². The summed E-state index contributed by atoms with van der Waals surface area (Å²) in [5, 5.41) is 0. The Bertz CT molecular complexity index is 1100. The monoisotopic (exact) mass is 407 g/mol. The van der Waals surface area contributed by atoms with E-state index >= 15 is 0 Å². The van der Waals surface area contributed by atoms with Crippen LogP contribution in [0.1, 0.15) is 30.1 Å². The Labute approximate surface area is 171 Å². The fourth-order valence-electron chi connectivity index (χ4n) is 4.77. The third-order valence-corrected chi connectivity index (χ3v) is 6.19. The highest BCUT2D eigenvalue weighted by atomic mass is 19.1. The lowest BCUT2D eigenvalue weighted by molar-refractivity contribution is 0.274. The summed E-state index contributed by atoms with van der Waals surface area (Å²) in [6.07, 6.45) is 6.99. The van der Waals surface area contributed by atoms with Crippen LogP contribution in [-0.4, -0.2) is 50.2 Å². The molecule has 2 fully saturated rings. The maximum atomic E-state index is 14.3. The third kappa shape index (κ3) is 2.79. The zero-order valence-electron chi connectivity index (χ0n) is 16.1. The molecule has 0 unspecified atom stereocenters. The number of halogens is 2. The number of pyridine rings is 1. The molecule has 0 N–H and O–H groups in total. The lowest BCUT2D eigenvalue weighted by Crippen LogP contribution is -2.48. The van der Waals surface area contributed by atoms with Crippen LogP contribution >= 0.6 is 0 Å². The molecule has 3 aromatic heterocycles. The van der Waals surface area contributed by atoms with Crippen molar-refractivity contribution in [3.8, 4) is 11.6 Å². The number of aromatic nitrogens is 5. The first-order chi connectivity index (χ1) is 14.7. The molecule has 3 aliphatic rings. The molecule has 7 nitrogen and oxygen atoms in total. The van der Waals surface area contributed by atoms with E-state index in [-0.39, 0.29) is 12.1 Å². The molecule has 2 saturated heterocycles. The van der Waals surface area contributed by atoms with Gasteiger partial charge in [0.2, 0.25) is 5.95 Å². The van der Waals surface area contributed by atoms with Crippen LogP contribution in [0, 0.1) is 5.95 Å². The Morgan fingerprint density at radius 3 is 2.60 bits per heavy atom. The number of rotatable bonds is 3. The van der Waals surface area contributed by atoms with Crippen molar-refractivity contribution in [1.29, 1.82) is 0 Å². The lowest BCUT2D eigenvalue weighted by Gasteiger charge is -2.39. The molecule has 3 aliphatic heterocycles. The number of anilines is 2. The van der Waals surface area contributed by atoms with E-state index in [1.807, 2.05) is 17.2 Å². The van der Waals surface area contributed by atoms with Gasteiger partial charge in [-0.15, -0.1) is 0 Å². The summed E-state index contributed by atoms with van der Waals surface area (Å²) >= 11 is 0. The molecular formula is C21H19F2N7. The highest BCUT2D eigenvalue weighted by Crippen LogP contribution is 2.46. The fourth-order valence-corrected chi connectivity index (χ4v) is 4.77. The van der Waals surface area contributed by atoms with Crippen molar-refractivity contribution in [3.63, 3.8) is 0 Å². The van der Waals surface area contributed by atoms with E-state index in [1.165, 1.54) is 6.07 Å². The molecule has 3 aromatic rings. The summed E-state index contributed by atoms with van der Waals surface area (Å²) in [5.41, 5.74) is 2.73. The highest BCUT2D eigenvalue weighted by Gasteiger charge is 2.42. The van der Waals surface area contributed by atoms with Crippen molar-refractivity contribution in [2.75, 3.05) is 22.9 Å². The predicted molar refractivity (Wildman–Crippen MR) is 106 cm³/mol. The molecule has 6 heterocycles. The van der Waals surface area contributed by atoms with E-state index < -0.39 is 12.1 Å². The minimum absolute atomic E-state index is 0.0527. The fraction of sp³-hybridized carbons (Fsp3) is 0.381. The molecule has 0 saturated carbocycles. The molecule has 30 heavy (non-hydrogen) atoms. The van der Waals surface area contributed by atoms with Gasteiger partial charge in [-0.3, -0.25) is 0 Å². The minimum atomic E-state index is -0.845. The average molecular weight is 407 g/mol. The first kappa shape index (κ1) is 17.6. The Kier molecular flexibility index (Phi) is 3.90. The summed E-state index contributed by atoms with van der Waals surface area (Å²) in [6, 6.07) is 5.25. The molecule has 0 amide bonds. The maximum Gasteiger partial charge on any atom is 0.216 e. The number of nitrogens with zero attached hydrogens (tertiary/aromatic N) is 7. The van der Waals surface area contributed by atoms with Crippen molar-refractivity contribution in [1.82, 2.24) is 24.9 Å². The molecule has 6 rings (SSSR count). The molecule has 152 valence electrons. The second-order valence-corrected chi connectivity index (χ2v) is 8.03. The van der Waals surface area contributed by atoms with E-state index in [4.69, 9.17) is 4.98 Å². The van der Waals surface area contributed by atoms with Gasteiger partial charge in [0, 0.05) is 54.4 Å². The minimum Gasteiger partial charge on any atom is -0.365 e. The molecule has 0 aliphatic carbocycles. The zero-order valence-corrected chi connectivity index (χ0v) is 16.1. The van der Waals surface area contributed by atoms with Crippen molar-refractivity contribution in [3.05, 3.63) is 54.0 Å². The first-order valence-electron chi connectivity index (χ1n) is 10.1. The quantitative estimate of drug-likeness (QED) is 0.618.